The maximum atomic E-state index is 10.1. The minimum absolute atomic E-state index is 0.319. The summed E-state index contributed by atoms with van der Waals surface area (Å²) in [5, 5.41) is 3.27. The molecule has 6 nitrogen and oxygen atoms in total. The van der Waals surface area contributed by atoms with Crippen LogP contribution in [0.1, 0.15) is 0 Å². The van der Waals surface area contributed by atoms with Crippen LogP contribution in [0.5, 0.6) is 0 Å². The summed E-state index contributed by atoms with van der Waals surface area (Å²) >= 11 is 0. The minimum atomic E-state index is -4.18. The number of hydrazone groups is 1. The Balaban J connectivity index is 2.76. The Morgan fingerprint density at radius 2 is 2.44 bits per heavy atom. The molecule has 1 heterocycles. The average Bonchev–Trinajstić information content (AvgIpc) is 2.08. The zero-order valence-corrected chi connectivity index (χ0v) is 5.17. The Bertz CT molecular complexity index is 219. The topological polar surface area (TPSA) is 82.0 Å². The predicted octanol–water partition coefficient (Wildman–Crippen LogP) is -1.40. The lowest BCUT2D eigenvalue weighted by molar-refractivity contribution is 0.322. The fourth-order valence-electron chi connectivity index (χ4n) is 0.416. The molecular formula is C2H5N3O3S. The van der Waals surface area contributed by atoms with Gasteiger partial charge < -0.3 is 0 Å². The van der Waals surface area contributed by atoms with Gasteiger partial charge in [-0.2, -0.15) is 18.9 Å². The van der Waals surface area contributed by atoms with Gasteiger partial charge in [-0.15, -0.1) is 0 Å². The van der Waals surface area contributed by atoms with Crippen LogP contribution in [0.3, 0.4) is 0 Å². The van der Waals surface area contributed by atoms with Crippen LogP contribution in [-0.2, 0) is 10.3 Å². The van der Waals surface area contributed by atoms with Crippen LogP contribution in [0, 0.1) is 0 Å². The van der Waals surface area contributed by atoms with Crippen molar-refractivity contribution < 1.29 is 13.0 Å². The highest BCUT2D eigenvalue weighted by molar-refractivity contribution is 7.83. The van der Waals surface area contributed by atoms with Crippen molar-refractivity contribution in [3.63, 3.8) is 0 Å². The van der Waals surface area contributed by atoms with E-state index in [1.165, 1.54) is 6.21 Å². The van der Waals surface area contributed by atoms with E-state index in [-0.39, 0.29) is 0 Å². The Hall–Kier alpha value is -0.660. The van der Waals surface area contributed by atoms with Crippen LogP contribution in [0.4, 0.5) is 0 Å². The van der Waals surface area contributed by atoms with Gasteiger partial charge in [-0.25, -0.2) is 0 Å². The van der Waals surface area contributed by atoms with Gasteiger partial charge in [0, 0.05) is 6.21 Å². The number of nitrogens with one attached hydrogen (secondary N) is 1. The summed E-state index contributed by atoms with van der Waals surface area (Å²) in [7, 11) is -4.18. The Morgan fingerprint density at radius 1 is 1.78 bits per heavy atom. The van der Waals surface area contributed by atoms with Gasteiger partial charge in [-0.1, -0.05) is 4.52 Å². The smallest absolute Gasteiger partial charge is 0.267 e. The van der Waals surface area contributed by atoms with E-state index in [9.17, 15) is 8.42 Å². The Morgan fingerprint density at radius 3 is 2.67 bits per heavy atom. The predicted molar refractivity (Wildman–Crippen MR) is 29.9 cm³/mol. The third-order valence-electron chi connectivity index (χ3n) is 0.723. The maximum absolute atomic E-state index is 10.1. The molecule has 1 aliphatic heterocycles. The number of hydrogen-bond donors (Lipinski definition) is 2. The fraction of sp³-hybridized carbons (Fsp3) is 0.500. The highest BCUT2D eigenvalue weighted by Gasteiger charge is 2.17. The van der Waals surface area contributed by atoms with E-state index in [2.05, 4.69) is 10.5 Å². The van der Waals surface area contributed by atoms with E-state index < -0.39 is 10.3 Å². The van der Waals surface area contributed by atoms with Gasteiger partial charge in [0.2, 0.25) is 0 Å². The Kier molecular flexibility index (Phi) is 1.39. The first kappa shape index (κ1) is 6.46. The Labute approximate surface area is 52.0 Å². The SMILES string of the molecule is O=S(=O)(O)N1N=CCN1. The summed E-state index contributed by atoms with van der Waals surface area (Å²) in [4.78, 5) is 0. The van der Waals surface area contributed by atoms with Crippen molar-refractivity contribution in [1.82, 2.24) is 9.95 Å². The first-order valence-corrected chi connectivity index (χ1v) is 3.54. The highest BCUT2D eigenvalue weighted by Crippen LogP contribution is 1.94. The lowest BCUT2D eigenvalue weighted by Crippen LogP contribution is -2.33. The molecule has 0 aromatic heterocycles. The molecule has 0 aliphatic carbocycles. The molecule has 52 valence electrons. The van der Waals surface area contributed by atoms with Gasteiger partial charge in [0.05, 0.1) is 6.54 Å². The van der Waals surface area contributed by atoms with E-state index in [0.717, 1.165) is 0 Å². The molecule has 0 unspecified atom stereocenters. The van der Waals surface area contributed by atoms with Crippen molar-refractivity contribution in [1.29, 1.82) is 0 Å². The van der Waals surface area contributed by atoms with Gasteiger partial charge in [0.25, 0.3) is 0 Å². The average molecular weight is 151 g/mol. The number of rotatable bonds is 1. The second kappa shape index (κ2) is 1.94. The number of nitrogens with zero attached hydrogens (tertiary/aromatic N) is 2. The monoisotopic (exact) mass is 151 g/mol. The van der Waals surface area contributed by atoms with Gasteiger partial charge in [0.15, 0.2) is 0 Å². The molecule has 0 amide bonds. The van der Waals surface area contributed by atoms with Crippen molar-refractivity contribution in [3.05, 3.63) is 0 Å². The van der Waals surface area contributed by atoms with E-state index >= 15 is 0 Å². The van der Waals surface area contributed by atoms with Crippen LogP contribution in [-0.4, -0.2) is 30.3 Å². The molecule has 7 heteroatoms. The normalized spacial score (nSPS) is 19.0. The van der Waals surface area contributed by atoms with Crippen molar-refractivity contribution in [2.75, 3.05) is 6.54 Å². The van der Waals surface area contributed by atoms with Crippen molar-refractivity contribution in [3.8, 4) is 0 Å². The third-order valence-corrected chi connectivity index (χ3v) is 1.38. The first-order valence-electron chi connectivity index (χ1n) is 2.14. The van der Waals surface area contributed by atoms with E-state index in [0.29, 0.717) is 11.1 Å². The molecule has 1 rings (SSSR count). The van der Waals surface area contributed by atoms with Gasteiger partial charge in [0.1, 0.15) is 0 Å². The number of hydrogen-bond acceptors (Lipinski definition) is 4. The second-order valence-electron chi connectivity index (χ2n) is 1.38. The zero-order valence-electron chi connectivity index (χ0n) is 4.35. The quantitative estimate of drug-likeness (QED) is 0.451. The molecule has 1 aliphatic rings. The molecule has 0 radical (unpaired) electrons. The molecular weight excluding hydrogens is 146 g/mol. The molecule has 0 aromatic rings. The van der Waals surface area contributed by atoms with Crippen molar-refractivity contribution in [2.24, 2.45) is 5.10 Å². The second-order valence-corrected chi connectivity index (χ2v) is 2.62. The third kappa shape index (κ3) is 1.37. The first-order chi connectivity index (χ1) is 4.11. The van der Waals surface area contributed by atoms with Crippen LogP contribution < -0.4 is 5.43 Å². The molecule has 9 heavy (non-hydrogen) atoms. The lowest BCUT2D eigenvalue weighted by atomic mass is 10.8. The lowest BCUT2D eigenvalue weighted by Gasteiger charge is -2.06. The minimum Gasteiger partial charge on any atom is -0.267 e. The summed E-state index contributed by atoms with van der Waals surface area (Å²) in [5.41, 5.74) is 2.27. The summed E-state index contributed by atoms with van der Waals surface area (Å²) in [5.74, 6) is 0. The molecule has 0 spiro atoms. The van der Waals surface area contributed by atoms with Crippen LogP contribution in [0.25, 0.3) is 0 Å². The maximum Gasteiger partial charge on any atom is 0.389 e. The van der Waals surface area contributed by atoms with Gasteiger partial charge in [-0.05, 0) is 0 Å². The molecule has 0 bridgehead atoms. The summed E-state index contributed by atoms with van der Waals surface area (Å²) < 4.78 is 28.9. The van der Waals surface area contributed by atoms with Gasteiger partial charge in [-0.3, -0.25) is 4.55 Å². The largest absolute Gasteiger partial charge is 0.389 e. The highest BCUT2D eigenvalue weighted by atomic mass is 32.2. The fourth-order valence-corrected chi connectivity index (χ4v) is 0.839. The van der Waals surface area contributed by atoms with Crippen LogP contribution in [0.15, 0.2) is 5.10 Å². The molecule has 0 atom stereocenters. The van der Waals surface area contributed by atoms with Crippen LogP contribution >= 0.6 is 0 Å². The molecule has 0 fully saturated rings. The molecule has 2 N–H and O–H groups in total. The summed E-state index contributed by atoms with van der Waals surface area (Å²) in [6.07, 6.45) is 1.33. The van der Waals surface area contributed by atoms with E-state index in [1.807, 2.05) is 0 Å². The van der Waals surface area contributed by atoms with Crippen molar-refractivity contribution >= 4 is 16.5 Å². The van der Waals surface area contributed by atoms with E-state index in [1.54, 1.807) is 0 Å². The van der Waals surface area contributed by atoms with Gasteiger partial charge >= 0.3 is 10.3 Å². The molecule has 0 aromatic carbocycles. The molecule has 0 saturated carbocycles. The standard InChI is InChI=1S/C2H5N3O3S/c6-9(7,8)5-3-1-2-4-5/h1,4H,2H2,(H,6,7,8). The van der Waals surface area contributed by atoms with E-state index in [4.69, 9.17) is 4.55 Å². The zero-order chi connectivity index (χ0) is 6.91. The summed E-state index contributed by atoms with van der Waals surface area (Å²) in [6, 6.07) is 0. The number of hydrazine groups is 1. The summed E-state index contributed by atoms with van der Waals surface area (Å²) in [6.45, 7) is 0.319. The molecule has 0 saturated heterocycles. The van der Waals surface area contributed by atoms with Crippen LogP contribution in [0.2, 0.25) is 0 Å². The van der Waals surface area contributed by atoms with Crippen molar-refractivity contribution in [2.45, 2.75) is 0 Å².